The van der Waals surface area contributed by atoms with Gasteiger partial charge in [0.2, 0.25) is 0 Å². The number of nitrogens with zero attached hydrogens (tertiary/aromatic N) is 1. The van der Waals surface area contributed by atoms with Crippen LogP contribution in [0.2, 0.25) is 0 Å². The van der Waals surface area contributed by atoms with Crippen LogP contribution in [0.25, 0.3) is 0 Å². The average Bonchev–Trinajstić information content (AvgIpc) is 2.43. The molecule has 1 aliphatic rings. The number of rotatable bonds is 8. The summed E-state index contributed by atoms with van der Waals surface area (Å²) < 4.78 is 0. The van der Waals surface area contributed by atoms with E-state index in [9.17, 15) is 0 Å². The highest BCUT2D eigenvalue weighted by Gasteiger charge is 2.37. The maximum Gasteiger partial charge on any atom is 0.0252 e. The molecule has 0 aromatic carbocycles. The third-order valence-corrected chi connectivity index (χ3v) is 5.19. The molecule has 1 N–H and O–H groups in total. The molecule has 2 heteroatoms. The normalized spacial score (nSPS) is 27.3. The molecule has 1 saturated carbocycles. The van der Waals surface area contributed by atoms with Gasteiger partial charge in [-0.15, -0.1) is 0 Å². The molecule has 1 fully saturated rings. The molecule has 1 rings (SSSR count). The van der Waals surface area contributed by atoms with Crippen LogP contribution in [0, 0.1) is 11.3 Å². The van der Waals surface area contributed by atoms with Gasteiger partial charge in [-0.05, 0) is 69.5 Å². The molecule has 0 bridgehead atoms. The second kappa shape index (κ2) is 9.15. The summed E-state index contributed by atoms with van der Waals surface area (Å²) in [5.74, 6) is 0.874. The molecule has 0 amide bonds. The van der Waals surface area contributed by atoms with Gasteiger partial charge in [0.1, 0.15) is 0 Å². The van der Waals surface area contributed by atoms with E-state index in [-0.39, 0.29) is 0 Å². The van der Waals surface area contributed by atoms with Crippen molar-refractivity contribution in [1.29, 1.82) is 0 Å². The zero-order valence-electron chi connectivity index (χ0n) is 15.5. The Bertz CT molecular complexity index is 263. The molecule has 1 aliphatic carbocycles. The van der Waals surface area contributed by atoms with Crippen molar-refractivity contribution < 1.29 is 0 Å². The molecule has 0 saturated heterocycles. The number of nitrogens with one attached hydrogen (secondary N) is 1. The van der Waals surface area contributed by atoms with E-state index < -0.39 is 0 Å². The Balaban J connectivity index is 2.79. The van der Waals surface area contributed by atoms with Gasteiger partial charge in [0.25, 0.3) is 0 Å². The fraction of sp³-hybridized carbons (Fsp3) is 1.00. The Morgan fingerprint density at radius 2 is 1.57 bits per heavy atom. The SMILES string of the molecule is CCCNC1CCC(C(C)(C)C)CC1N(CCC)CCC. The van der Waals surface area contributed by atoms with E-state index in [0.29, 0.717) is 11.5 Å². The summed E-state index contributed by atoms with van der Waals surface area (Å²) in [5, 5.41) is 3.85. The van der Waals surface area contributed by atoms with Gasteiger partial charge in [-0.3, -0.25) is 4.90 Å². The third-order valence-electron chi connectivity index (χ3n) is 5.19. The molecule has 0 aliphatic heterocycles. The monoisotopic (exact) mass is 296 g/mol. The summed E-state index contributed by atoms with van der Waals surface area (Å²) >= 11 is 0. The maximum atomic E-state index is 3.85. The quantitative estimate of drug-likeness (QED) is 0.699. The van der Waals surface area contributed by atoms with E-state index in [1.165, 1.54) is 58.2 Å². The topological polar surface area (TPSA) is 15.3 Å². The van der Waals surface area contributed by atoms with E-state index in [0.717, 1.165) is 12.0 Å². The Morgan fingerprint density at radius 1 is 0.952 bits per heavy atom. The molecule has 0 heterocycles. The van der Waals surface area contributed by atoms with Gasteiger partial charge in [-0.25, -0.2) is 0 Å². The molecule has 0 spiro atoms. The van der Waals surface area contributed by atoms with Crippen LogP contribution < -0.4 is 5.32 Å². The van der Waals surface area contributed by atoms with Crippen molar-refractivity contribution in [1.82, 2.24) is 10.2 Å². The first-order valence-corrected chi connectivity index (χ1v) is 9.41. The zero-order valence-corrected chi connectivity index (χ0v) is 15.5. The van der Waals surface area contributed by atoms with Crippen LogP contribution in [0.15, 0.2) is 0 Å². The first kappa shape index (κ1) is 19.0. The van der Waals surface area contributed by atoms with Gasteiger partial charge in [0.15, 0.2) is 0 Å². The smallest absolute Gasteiger partial charge is 0.0252 e. The van der Waals surface area contributed by atoms with Gasteiger partial charge in [0, 0.05) is 12.1 Å². The minimum atomic E-state index is 0.456. The maximum absolute atomic E-state index is 3.85. The second-order valence-electron chi connectivity index (χ2n) is 8.04. The minimum Gasteiger partial charge on any atom is -0.312 e. The fourth-order valence-electron chi connectivity index (χ4n) is 3.92. The lowest BCUT2D eigenvalue weighted by Crippen LogP contribution is -2.55. The summed E-state index contributed by atoms with van der Waals surface area (Å²) in [4.78, 5) is 2.78. The van der Waals surface area contributed by atoms with Crippen LogP contribution in [-0.4, -0.2) is 36.6 Å². The molecule has 0 aromatic heterocycles. The van der Waals surface area contributed by atoms with Gasteiger partial charge in [-0.2, -0.15) is 0 Å². The molecule has 0 aromatic rings. The molecule has 2 nitrogen and oxygen atoms in total. The highest BCUT2D eigenvalue weighted by molar-refractivity contribution is 4.94. The van der Waals surface area contributed by atoms with Crippen molar-refractivity contribution in [3.63, 3.8) is 0 Å². The third kappa shape index (κ3) is 5.90. The first-order valence-electron chi connectivity index (χ1n) is 9.41. The van der Waals surface area contributed by atoms with E-state index in [1.807, 2.05) is 0 Å². The molecule has 21 heavy (non-hydrogen) atoms. The number of hydrogen-bond acceptors (Lipinski definition) is 2. The highest BCUT2D eigenvalue weighted by atomic mass is 15.2. The molecule has 3 unspecified atom stereocenters. The molecular weight excluding hydrogens is 256 g/mol. The van der Waals surface area contributed by atoms with Crippen LogP contribution in [-0.2, 0) is 0 Å². The van der Waals surface area contributed by atoms with Crippen molar-refractivity contribution in [3.8, 4) is 0 Å². The standard InChI is InChI=1S/C19H40N2/c1-7-12-20-17-11-10-16(19(4,5)6)15-18(17)21(13-8-2)14-9-3/h16-18,20H,7-15H2,1-6H3. The molecule has 0 radical (unpaired) electrons. The predicted octanol–water partition coefficient (Wildman–Crippen LogP) is 4.69. The first-order chi connectivity index (χ1) is 9.93. The second-order valence-corrected chi connectivity index (χ2v) is 8.04. The van der Waals surface area contributed by atoms with Crippen molar-refractivity contribution in [3.05, 3.63) is 0 Å². The fourth-order valence-corrected chi connectivity index (χ4v) is 3.92. The van der Waals surface area contributed by atoms with Crippen LogP contribution >= 0.6 is 0 Å². The summed E-state index contributed by atoms with van der Waals surface area (Å²) in [6, 6.07) is 1.45. The predicted molar refractivity (Wildman–Crippen MR) is 94.8 cm³/mol. The van der Waals surface area contributed by atoms with Crippen LogP contribution in [0.5, 0.6) is 0 Å². The van der Waals surface area contributed by atoms with E-state index >= 15 is 0 Å². The van der Waals surface area contributed by atoms with Crippen molar-refractivity contribution in [2.75, 3.05) is 19.6 Å². The Labute approximate surface area is 134 Å². The zero-order chi connectivity index (χ0) is 15.9. The van der Waals surface area contributed by atoms with Gasteiger partial charge >= 0.3 is 0 Å². The number of hydrogen-bond donors (Lipinski definition) is 1. The summed E-state index contributed by atoms with van der Waals surface area (Å²) in [7, 11) is 0. The Kier molecular flexibility index (Phi) is 8.26. The minimum absolute atomic E-state index is 0.456. The Morgan fingerprint density at radius 3 is 2.05 bits per heavy atom. The van der Waals surface area contributed by atoms with E-state index in [2.05, 4.69) is 51.8 Å². The lowest BCUT2D eigenvalue weighted by atomic mass is 9.69. The molecular formula is C19H40N2. The summed E-state index contributed by atoms with van der Waals surface area (Å²) in [6.45, 7) is 17.9. The molecule has 126 valence electrons. The lowest BCUT2D eigenvalue weighted by Gasteiger charge is -2.46. The van der Waals surface area contributed by atoms with Crippen LogP contribution in [0.3, 0.4) is 0 Å². The van der Waals surface area contributed by atoms with Crippen LogP contribution in [0.4, 0.5) is 0 Å². The Hall–Kier alpha value is -0.0800. The van der Waals surface area contributed by atoms with E-state index in [4.69, 9.17) is 0 Å². The lowest BCUT2D eigenvalue weighted by molar-refractivity contribution is 0.0578. The summed E-state index contributed by atoms with van der Waals surface area (Å²) in [5.41, 5.74) is 0.456. The molecule has 3 atom stereocenters. The van der Waals surface area contributed by atoms with Gasteiger partial charge < -0.3 is 5.32 Å². The van der Waals surface area contributed by atoms with E-state index in [1.54, 1.807) is 0 Å². The van der Waals surface area contributed by atoms with Gasteiger partial charge in [-0.1, -0.05) is 41.5 Å². The largest absolute Gasteiger partial charge is 0.312 e. The average molecular weight is 297 g/mol. The van der Waals surface area contributed by atoms with Crippen LogP contribution in [0.1, 0.15) is 80.1 Å². The summed E-state index contributed by atoms with van der Waals surface area (Å²) in [6.07, 6.45) is 7.93. The van der Waals surface area contributed by atoms with Gasteiger partial charge in [0.05, 0.1) is 0 Å². The van der Waals surface area contributed by atoms with Crippen molar-refractivity contribution in [2.24, 2.45) is 11.3 Å². The van der Waals surface area contributed by atoms with Crippen molar-refractivity contribution in [2.45, 2.75) is 92.2 Å². The van der Waals surface area contributed by atoms with Crippen molar-refractivity contribution >= 4 is 0 Å². The highest BCUT2D eigenvalue weighted by Crippen LogP contribution is 2.39.